The van der Waals surface area contributed by atoms with Gasteiger partial charge in [-0.1, -0.05) is 50.5 Å². The minimum absolute atomic E-state index is 0.00936. The molecule has 0 aliphatic heterocycles. The van der Waals surface area contributed by atoms with Crippen LogP contribution in [-0.4, -0.2) is 46.2 Å². The Hall–Kier alpha value is -1.17. The van der Waals surface area contributed by atoms with Crippen LogP contribution in [0.3, 0.4) is 0 Å². The van der Waals surface area contributed by atoms with E-state index < -0.39 is 18.2 Å². The molecule has 0 radical (unpaired) electrons. The molecule has 0 aromatic carbocycles. The number of aliphatic carboxylic acids is 1. The van der Waals surface area contributed by atoms with Gasteiger partial charge in [0.25, 0.3) is 0 Å². The van der Waals surface area contributed by atoms with Gasteiger partial charge in [-0.3, -0.25) is 4.79 Å². The van der Waals surface area contributed by atoms with E-state index in [1.165, 1.54) is 12.8 Å². The predicted octanol–water partition coefficient (Wildman–Crippen LogP) is 4.09. The third-order valence-electron chi connectivity index (χ3n) is 5.27. The summed E-state index contributed by atoms with van der Waals surface area (Å²) < 4.78 is 5.80. The summed E-state index contributed by atoms with van der Waals surface area (Å²) in [5.41, 5.74) is 0. The molecule has 1 rings (SSSR count). The Morgan fingerprint density at radius 2 is 1.93 bits per heavy atom. The lowest BCUT2D eigenvalue weighted by Crippen LogP contribution is -2.21. The second kappa shape index (κ2) is 13.9. The number of rotatable bonds is 14. The number of ether oxygens (including phenoxy) is 1. The molecule has 5 heteroatoms. The number of unbranched alkanes of at least 4 members (excludes halogenated alkanes) is 3. The molecule has 0 amide bonds. The van der Waals surface area contributed by atoms with E-state index in [9.17, 15) is 15.0 Å². The highest BCUT2D eigenvalue weighted by Gasteiger charge is 2.39. The first-order valence-corrected chi connectivity index (χ1v) is 10.5. The SMILES string of the molecule is CCCCCC(C=CC1C(O)CC(O)C1CC=CCCCC(=O)O)OCC. The number of carboxylic acid groups (broad SMARTS) is 1. The summed E-state index contributed by atoms with van der Waals surface area (Å²) in [6, 6.07) is 0. The summed E-state index contributed by atoms with van der Waals surface area (Å²) in [5, 5.41) is 29.3. The maximum absolute atomic E-state index is 10.5. The van der Waals surface area contributed by atoms with Gasteiger partial charge in [0.2, 0.25) is 0 Å². The largest absolute Gasteiger partial charge is 0.481 e. The minimum Gasteiger partial charge on any atom is -0.481 e. The number of allylic oxidation sites excluding steroid dienone is 2. The first-order chi connectivity index (χ1) is 13.0. The second-order valence-corrected chi connectivity index (χ2v) is 7.48. The topological polar surface area (TPSA) is 87.0 Å². The molecule has 0 heterocycles. The van der Waals surface area contributed by atoms with Gasteiger partial charge in [0, 0.05) is 25.4 Å². The lowest BCUT2D eigenvalue weighted by molar-refractivity contribution is -0.137. The van der Waals surface area contributed by atoms with E-state index in [1.807, 2.05) is 25.2 Å². The highest BCUT2D eigenvalue weighted by atomic mass is 16.5. The standard InChI is InChI=1S/C22H38O5/c1-3-5-8-11-17(27-4-2)14-15-19-18(20(23)16-21(19)24)12-9-6-7-10-13-22(25)26/h6,9,14-15,17-21,23-24H,3-5,7-8,10-13,16H2,1-2H3,(H,25,26). The van der Waals surface area contributed by atoms with Gasteiger partial charge in [0.15, 0.2) is 0 Å². The Kier molecular flexibility index (Phi) is 12.3. The molecular weight excluding hydrogens is 344 g/mol. The van der Waals surface area contributed by atoms with Crippen molar-refractivity contribution in [2.45, 2.75) is 89.9 Å². The quantitative estimate of drug-likeness (QED) is 0.311. The van der Waals surface area contributed by atoms with E-state index in [-0.39, 0.29) is 24.4 Å². The van der Waals surface area contributed by atoms with Crippen molar-refractivity contribution in [2.24, 2.45) is 11.8 Å². The van der Waals surface area contributed by atoms with Crippen LogP contribution in [0.1, 0.15) is 71.6 Å². The van der Waals surface area contributed by atoms with Crippen molar-refractivity contribution in [3.8, 4) is 0 Å². The molecule has 5 atom stereocenters. The summed E-state index contributed by atoms with van der Waals surface area (Å²) in [6.07, 6.45) is 14.2. The van der Waals surface area contributed by atoms with Crippen molar-refractivity contribution < 1.29 is 24.9 Å². The molecule has 5 unspecified atom stereocenters. The maximum atomic E-state index is 10.5. The Morgan fingerprint density at radius 1 is 1.15 bits per heavy atom. The van der Waals surface area contributed by atoms with Crippen molar-refractivity contribution >= 4 is 5.97 Å². The number of aliphatic hydroxyl groups excluding tert-OH is 2. The van der Waals surface area contributed by atoms with E-state index >= 15 is 0 Å². The van der Waals surface area contributed by atoms with Crippen molar-refractivity contribution in [2.75, 3.05) is 6.61 Å². The van der Waals surface area contributed by atoms with Gasteiger partial charge in [-0.2, -0.15) is 0 Å². The molecule has 1 saturated carbocycles. The van der Waals surface area contributed by atoms with E-state index in [0.29, 0.717) is 25.9 Å². The summed E-state index contributed by atoms with van der Waals surface area (Å²) in [4.78, 5) is 10.5. The zero-order valence-corrected chi connectivity index (χ0v) is 16.9. The minimum atomic E-state index is -0.772. The highest BCUT2D eigenvalue weighted by molar-refractivity contribution is 5.66. The highest BCUT2D eigenvalue weighted by Crippen LogP contribution is 2.36. The van der Waals surface area contributed by atoms with Crippen LogP contribution in [0.25, 0.3) is 0 Å². The van der Waals surface area contributed by atoms with E-state index in [4.69, 9.17) is 9.84 Å². The zero-order valence-electron chi connectivity index (χ0n) is 16.9. The lowest BCUT2D eigenvalue weighted by atomic mass is 9.89. The van der Waals surface area contributed by atoms with Gasteiger partial charge >= 0.3 is 5.97 Å². The lowest BCUT2D eigenvalue weighted by Gasteiger charge is -2.20. The average Bonchev–Trinajstić information content (AvgIpc) is 2.88. The normalized spacial score (nSPS) is 27.0. The third-order valence-corrected chi connectivity index (χ3v) is 5.27. The maximum Gasteiger partial charge on any atom is 0.303 e. The summed E-state index contributed by atoms with van der Waals surface area (Å²) >= 11 is 0. The van der Waals surface area contributed by atoms with Gasteiger partial charge < -0.3 is 20.1 Å². The fraction of sp³-hybridized carbons (Fsp3) is 0.773. The second-order valence-electron chi connectivity index (χ2n) is 7.48. The summed E-state index contributed by atoms with van der Waals surface area (Å²) in [6.45, 7) is 4.84. The number of carbonyl (C=O) groups is 1. The predicted molar refractivity (Wildman–Crippen MR) is 108 cm³/mol. The van der Waals surface area contributed by atoms with Gasteiger partial charge in [-0.05, 0) is 38.5 Å². The Balaban J connectivity index is 2.57. The van der Waals surface area contributed by atoms with Crippen molar-refractivity contribution in [1.82, 2.24) is 0 Å². The third kappa shape index (κ3) is 9.54. The van der Waals surface area contributed by atoms with E-state index in [2.05, 4.69) is 13.0 Å². The van der Waals surface area contributed by atoms with Gasteiger partial charge in [0.1, 0.15) is 0 Å². The monoisotopic (exact) mass is 382 g/mol. The summed E-state index contributed by atoms with van der Waals surface area (Å²) in [7, 11) is 0. The summed E-state index contributed by atoms with van der Waals surface area (Å²) in [5.74, 6) is -0.853. The average molecular weight is 383 g/mol. The van der Waals surface area contributed by atoms with Gasteiger partial charge in [-0.25, -0.2) is 0 Å². The van der Waals surface area contributed by atoms with Crippen molar-refractivity contribution in [3.05, 3.63) is 24.3 Å². The van der Waals surface area contributed by atoms with Crippen LogP contribution in [0.2, 0.25) is 0 Å². The molecular formula is C22H38O5. The molecule has 1 fully saturated rings. The molecule has 27 heavy (non-hydrogen) atoms. The number of aliphatic hydroxyl groups is 2. The Morgan fingerprint density at radius 3 is 2.59 bits per heavy atom. The van der Waals surface area contributed by atoms with E-state index in [1.54, 1.807) is 0 Å². The molecule has 0 spiro atoms. The zero-order chi connectivity index (χ0) is 20.1. The fourth-order valence-electron chi connectivity index (χ4n) is 3.75. The van der Waals surface area contributed by atoms with Crippen LogP contribution in [0.4, 0.5) is 0 Å². The molecule has 3 N–H and O–H groups in total. The first-order valence-electron chi connectivity index (χ1n) is 10.5. The van der Waals surface area contributed by atoms with Gasteiger partial charge in [-0.15, -0.1) is 0 Å². The number of hydrogen-bond acceptors (Lipinski definition) is 4. The van der Waals surface area contributed by atoms with Crippen LogP contribution >= 0.6 is 0 Å². The van der Waals surface area contributed by atoms with Gasteiger partial charge in [0.05, 0.1) is 18.3 Å². The molecule has 0 saturated heterocycles. The van der Waals surface area contributed by atoms with Crippen LogP contribution in [0, 0.1) is 11.8 Å². The van der Waals surface area contributed by atoms with E-state index in [0.717, 1.165) is 19.3 Å². The molecule has 0 aromatic rings. The fourth-order valence-corrected chi connectivity index (χ4v) is 3.75. The van der Waals surface area contributed by atoms with Crippen molar-refractivity contribution in [1.29, 1.82) is 0 Å². The first kappa shape index (κ1) is 23.9. The van der Waals surface area contributed by atoms with Crippen molar-refractivity contribution in [3.63, 3.8) is 0 Å². The Labute approximate surface area is 164 Å². The number of hydrogen-bond donors (Lipinski definition) is 3. The smallest absolute Gasteiger partial charge is 0.303 e. The van der Waals surface area contributed by atoms with Crippen LogP contribution in [-0.2, 0) is 9.53 Å². The Bertz CT molecular complexity index is 460. The van der Waals surface area contributed by atoms with Crippen LogP contribution in [0.15, 0.2) is 24.3 Å². The number of carboxylic acids is 1. The molecule has 5 nitrogen and oxygen atoms in total. The molecule has 156 valence electrons. The molecule has 0 bridgehead atoms. The van der Waals surface area contributed by atoms with Crippen LogP contribution < -0.4 is 0 Å². The molecule has 0 aromatic heterocycles. The molecule has 1 aliphatic rings. The van der Waals surface area contributed by atoms with Crippen LogP contribution in [0.5, 0.6) is 0 Å². The molecule has 1 aliphatic carbocycles.